The van der Waals surface area contributed by atoms with Gasteiger partial charge in [-0.2, -0.15) is 0 Å². The van der Waals surface area contributed by atoms with Gasteiger partial charge in [0.25, 0.3) is 0 Å². The zero-order valence-electron chi connectivity index (χ0n) is 8.82. The van der Waals surface area contributed by atoms with Gasteiger partial charge in [-0.05, 0) is 12.8 Å². The Morgan fingerprint density at radius 2 is 1.80 bits per heavy atom. The van der Waals surface area contributed by atoms with Crippen molar-refractivity contribution in [1.29, 1.82) is 0 Å². The van der Waals surface area contributed by atoms with Gasteiger partial charge in [-0.25, -0.2) is 0 Å². The van der Waals surface area contributed by atoms with E-state index in [0.29, 0.717) is 19.3 Å². The van der Waals surface area contributed by atoms with Gasteiger partial charge >= 0.3 is 11.9 Å². The first kappa shape index (κ1) is 11.7. The normalized spacial score (nSPS) is 25.9. The Bertz CT molecular complexity index is 276. The summed E-state index contributed by atoms with van der Waals surface area (Å²) in [5, 5.41) is 0. The summed E-state index contributed by atoms with van der Waals surface area (Å²) in [6.07, 6.45) is 1.44. The maximum atomic E-state index is 11.5. The highest BCUT2D eigenvalue weighted by molar-refractivity contribution is 6.03. The predicted octanol–water partition coefficient (Wildman–Crippen LogP) is 0.318. The molecule has 5 heteroatoms. The molecule has 0 N–H and O–H groups in total. The van der Waals surface area contributed by atoms with Gasteiger partial charge in [-0.15, -0.1) is 0 Å². The average Bonchev–Trinajstić information content (AvgIpc) is 2.26. The Labute approximate surface area is 87.7 Å². The molecule has 0 saturated heterocycles. The maximum absolute atomic E-state index is 11.5. The van der Waals surface area contributed by atoms with Crippen molar-refractivity contribution in [3.05, 3.63) is 0 Å². The van der Waals surface area contributed by atoms with Gasteiger partial charge in [0.05, 0.1) is 20.1 Å². The summed E-state index contributed by atoms with van der Waals surface area (Å²) in [4.78, 5) is 34.2. The number of esters is 2. The van der Waals surface area contributed by atoms with E-state index in [1.165, 1.54) is 14.2 Å². The molecule has 0 bridgehead atoms. The third-order valence-electron chi connectivity index (χ3n) is 2.65. The number of hydrogen-bond donors (Lipinski definition) is 0. The first-order chi connectivity index (χ1) is 7.11. The zero-order valence-corrected chi connectivity index (χ0v) is 8.82. The van der Waals surface area contributed by atoms with Crippen molar-refractivity contribution in [3.63, 3.8) is 0 Å². The molecule has 0 aromatic rings. The fourth-order valence-electron chi connectivity index (χ4n) is 1.87. The van der Waals surface area contributed by atoms with Crippen LogP contribution in [0, 0.1) is 11.8 Å². The number of methoxy groups -OCH3 is 2. The summed E-state index contributed by atoms with van der Waals surface area (Å²) in [6, 6.07) is 0. The molecular weight excluding hydrogens is 200 g/mol. The molecule has 1 rings (SSSR count). The third kappa shape index (κ3) is 2.34. The van der Waals surface area contributed by atoms with Gasteiger partial charge < -0.3 is 9.47 Å². The molecule has 0 amide bonds. The van der Waals surface area contributed by atoms with E-state index in [4.69, 9.17) is 0 Å². The largest absolute Gasteiger partial charge is 0.469 e. The van der Waals surface area contributed by atoms with Crippen LogP contribution in [-0.2, 0) is 23.9 Å². The first-order valence-electron chi connectivity index (χ1n) is 4.80. The second-order valence-corrected chi connectivity index (χ2v) is 3.49. The highest BCUT2D eigenvalue weighted by atomic mass is 16.5. The molecule has 1 saturated carbocycles. The number of Topliss-reactive ketones (excluding diaryl/α,β-unsaturated/α-hetero) is 1. The van der Waals surface area contributed by atoms with Crippen molar-refractivity contribution in [2.24, 2.45) is 11.8 Å². The summed E-state index contributed by atoms with van der Waals surface area (Å²) in [7, 11) is 2.45. The van der Waals surface area contributed by atoms with Gasteiger partial charge in [0.1, 0.15) is 11.7 Å². The van der Waals surface area contributed by atoms with Crippen molar-refractivity contribution >= 4 is 17.7 Å². The topological polar surface area (TPSA) is 69.7 Å². The number of ether oxygens (including phenoxy) is 2. The highest BCUT2D eigenvalue weighted by Gasteiger charge is 2.42. The Kier molecular flexibility index (Phi) is 3.82. The molecule has 0 unspecified atom stereocenters. The predicted molar refractivity (Wildman–Crippen MR) is 49.9 cm³/mol. The molecule has 1 aliphatic rings. The second-order valence-electron chi connectivity index (χ2n) is 3.49. The quantitative estimate of drug-likeness (QED) is 0.489. The van der Waals surface area contributed by atoms with Crippen molar-refractivity contribution < 1.29 is 23.9 Å². The smallest absolute Gasteiger partial charge is 0.317 e. The highest BCUT2D eigenvalue weighted by Crippen LogP contribution is 2.29. The Morgan fingerprint density at radius 1 is 1.20 bits per heavy atom. The minimum Gasteiger partial charge on any atom is -0.469 e. The molecule has 0 radical (unpaired) electrons. The number of carbonyl (C=O) groups excluding carboxylic acids is 3. The second kappa shape index (κ2) is 4.91. The lowest BCUT2D eigenvalue weighted by molar-refractivity contribution is -0.162. The van der Waals surface area contributed by atoms with Crippen LogP contribution in [0.5, 0.6) is 0 Å². The molecule has 1 aliphatic carbocycles. The fraction of sp³-hybridized carbons (Fsp3) is 0.700. The molecule has 0 spiro atoms. The zero-order chi connectivity index (χ0) is 11.4. The van der Waals surface area contributed by atoms with Crippen LogP contribution in [-0.4, -0.2) is 31.9 Å². The SMILES string of the molecule is COC(=O)[C@@H]1C(=O)CCC[C@H]1C(=O)OC. The molecule has 5 nitrogen and oxygen atoms in total. The van der Waals surface area contributed by atoms with Crippen LogP contribution in [0.15, 0.2) is 0 Å². The Balaban J connectivity index is 2.86. The van der Waals surface area contributed by atoms with Crippen LogP contribution >= 0.6 is 0 Å². The van der Waals surface area contributed by atoms with Gasteiger partial charge in [0, 0.05) is 6.42 Å². The van der Waals surface area contributed by atoms with E-state index in [-0.39, 0.29) is 5.78 Å². The van der Waals surface area contributed by atoms with E-state index < -0.39 is 23.8 Å². The van der Waals surface area contributed by atoms with Crippen LogP contribution in [0.1, 0.15) is 19.3 Å². The van der Waals surface area contributed by atoms with E-state index in [2.05, 4.69) is 9.47 Å². The Hall–Kier alpha value is -1.39. The van der Waals surface area contributed by atoms with Gasteiger partial charge in [-0.1, -0.05) is 0 Å². The molecular formula is C10H14O5. The minimum absolute atomic E-state index is 0.233. The third-order valence-corrected chi connectivity index (χ3v) is 2.65. The lowest BCUT2D eigenvalue weighted by Gasteiger charge is -2.25. The van der Waals surface area contributed by atoms with Crippen molar-refractivity contribution in [1.82, 2.24) is 0 Å². The molecule has 2 atom stereocenters. The molecule has 0 aliphatic heterocycles. The molecule has 0 heterocycles. The molecule has 15 heavy (non-hydrogen) atoms. The van der Waals surface area contributed by atoms with E-state index in [1.807, 2.05) is 0 Å². The summed E-state index contributed by atoms with van der Waals surface area (Å²) in [6.45, 7) is 0. The van der Waals surface area contributed by atoms with Crippen LogP contribution in [0.2, 0.25) is 0 Å². The number of carbonyl (C=O) groups is 3. The van der Waals surface area contributed by atoms with Gasteiger partial charge in [0.15, 0.2) is 0 Å². The number of hydrogen-bond acceptors (Lipinski definition) is 5. The first-order valence-corrected chi connectivity index (χ1v) is 4.80. The summed E-state index contributed by atoms with van der Waals surface area (Å²) in [5.74, 6) is -3.04. The van der Waals surface area contributed by atoms with E-state index >= 15 is 0 Å². The van der Waals surface area contributed by atoms with Gasteiger partial charge in [0.2, 0.25) is 0 Å². The molecule has 0 aromatic carbocycles. The van der Waals surface area contributed by atoms with Crippen molar-refractivity contribution in [3.8, 4) is 0 Å². The average molecular weight is 214 g/mol. The van der Waals surface area contributed by atoms with Crippen LogP contribution in [0.25, 0.3) is 0 Å². The summed E-state index contributed by atoms with van der Waals surface area (Å²) < 4.78 is 9.08. The fourth-order valence-corrected chi connectivity index (χ4v) is 1.87. The Morgan fingerprint density at radius 3 is 2.33 bits per heavy atom. The van der Waals surface area contributed by atoms with E-state index in [1.54, 1.807) is 0 Å². The van der Waals surface area contributed by atoms with Crippen LogP contribution < -0.4 is 0 Å². The summed E-state index contributed by atoms with van der Waals surface area (Å²) in [5.41, 5.74) is 0. The van der Waals surface area contributed by atoms with E-state index in [9.17, 15) is 14.4 Å². The number of ketones is 1. The minimum atomic E-state index is -0.976. The summed E-state index contributed by atoms with van der Waals surface area (Å²) >= 11 is 0. The lowest BCUT2D eigenvalue weighted by Crippen LogP contribution is -2.40. The van der Waals surface area contributed by atoms with Crippen molar-refractivity contribution in [2.45, 2.75) is 19.3 Å². The monoisotopic (exact) mass is 214 g/mol. The molecule has 0 aromatic heterocycles. The standard InChI is InChI=1S/C10H14O5/c1-14-9(12)6-4-3-5-7(11)8(6)10(13)15-2/h6,8H,3-5H2,1-2H3/t6-,8+/m1/s1. The molecule has 84 valence electrons. The van der Waals surface area contributed by atoms with E-state index in [0.717, 1.165) is 0 Å². The lowest BCUT2D eigenvalue weighted by atomic mass is 9.78. The van der Waals surface area contributed by atoms with Crippen LogP contribution in [0.4, 0.5) is 0 Å². The molecule has 1 fully saturated rings. The van der Waals surface area contributed by atoms with Crippen molar-refractivity contribution in [2.75, 3.05) is 14.2 Å². The van der Waals surface area contributed by atoms with Gasteiger partial charge in [-0.3, -0.25) is 14.4 Å². The maximum Gasteiger partial charge on any atom is 0.317 e. The van der Waals surface area contributed by atoms with Crippen LogP contribution in [0.3, 0.4) is 0 Å². The number of rotatable bonds is 2.